The highest BCUT2D eigenvalue weighted by Crippen LogP contribution is 2.16. The highest BCUT2D eigenvalue weighted by Gasteiger charge is 2.29. The van der Waals surface area contributed by atoms with E-state index >= 15 is 0 Å². The van der Waals surface area contributed by atoms with Gasteiger partial charge >= 0.3 is 6.09 Å². The molecule has 0 radical (unpaired) electrons. The Balaban J connectivity index is 1.80. The topological polar surface area (TPSA) is 50.8 Å². The number of likely N-dealkylation sites (tertiary alicyclic amines) is 1. The lowest BCUT2D eigenvalue weighted by molar-refractivity contribution is 0.0183. The average Bonchev–Trinajstić information content (AvgIpc) is 2.80. The van der Waals surface area contributed by atoms with E-state index in [0.29, 0.717) is 12.1 Å². The van der Waals surface area contributed by atoms with Crippen LogP contribution in [0, 0.1) is 0 Å². The van der Waals surface area contributed by atoms with Crippen LogP contribution in [0.2, 0.25) is 0 Å². The van der Waals surface area contributed by atoms with E-state index in [1.165, 1.54) is 0 Å². The van der Waals surface area contributed by atoms with Crippen molar-refractivity contribution in [3.63, 3.8) is 0 Å². The summed E-state index contributed by atoms with van der Waals surface area (Å²) >= 11 is 0. The van der Waals surface area contributed by atoms with Crippen LogP contribution in [0.1, 0.15) is 40.0 Å². The SMILES string of the molecule is CC(C)(C)OC(=O)N1CCCC(NC2CCOC2)C1. The third-order valence-corrected chi connectivity index (χ3v) is 3.47. The molecule has 5 heteroatoms. The van der Waals surface area contributed by atoms with Crippen molar-refractivity contribution in [1.29, 1.82) is 0 Å². The Morgan fingerprint density at radius 3 is 2.74 bits per heavy atom. The summed E-state index contributed by atoms with van der Waals surface area (Å²) < 4.78 is 10.8. The number of piperidine rings is 1. The van der Waals surface area contributed by atoms with Crippen molar-refractivity contribution in [2.45, 2.75) is 57.7 Å². The second-order valence-electron chi connectivity index (χ2n) is 6.49. The molecular weight excluding hydrogens is 244 g/mol. The van der Waals surface area contributed by atoms with Gasteiger partial charge in [-0.2, -0.15) is 0 Å². The van der Waals surface area contributed by atoms with Gasteiger partial charge in [-0.1, -0.05) is 0 Å². The van der Waals surface area contributed by atoms with Gasteiger partial charge < -0.3 is 19.7 Å². The minimum Gasteiger partial charge on any atom is -0.444 e. The Hall–Kier alpha value is -0.810. The smallest absolute Gasteiger partial charge is 0.410 e. The number of carbonyl (C=O) groups excluding carboxylic acids is 1. The normalized spacial score (nSPS) is 28.5. The van der Waals surface area contributed by atoms with E-state index in [-0.39, 0.29) is 6.09 Å². The molecule has 0 aromatic rings. The van der Waals surface area contributed by atoms with Gasteiger partial charge in [-0.25, -0.2) is 4.79 Å². The third kappa shape index (κ3) is 4.66. The maximum Gasteiger partial charge on any atom is 0.410 e. The van der Waals surface area contributed by atoms with Crippen molar-refractivity contribution in [2.24, 2.45) is 0 Å². The molecule has 0 bridgehead atoms. The van der Waals surface area contributed by atoms with Crippen molar-refractivity contribution in [3.8, 4) is 0 Å². The minimum atomic E-state index is -0.420. The lowest BCUT2D eigenvalue weighted by atomic mass is 10.0. The fourth-order valence-electron chi connectivity index (χ4n) is 2.60. The second kappa shape index (κ2) is 6.09. The van der Waals surface area contributed by atoms with Crippen molar-refractivity contribution < 1.29 is 14.3 Å². The number of nitrogens with one attached hydrogen (secondary N) is 1. The van der Waals surface area contributed by atoms with Gasteiger partial charge in [0, 0.05) is 31.8 Å². The Bertz CT molecular complexity index is 308. The van der Waals surface area contributed by atoms with Gasteiger partial charge in [0.1, 0.15) is 5.60 Å². The summed E-state index contributed by atoms with van der Waals surface area (Å²) in [5, 5.41) is 3.59. The van der Waals surface area contributed by atoms with Crippen LogP contribution >= 0.6 is 0 Å². The predicted molar refractivity (Wildman–Crippen MR) is 73.2 cm³/mol. The molecule has 0 aliphatic carbocycles. The zero-order valence-electron chi connectivity index (χ0n) is 12.3. The van der Waals surface area contributed by atoms with Crippen LogP contribution in [-0.4, -0.2) is 55.0 Å². The van der Waals surface area contributed by atoms with Crippen LogP contribution in [0.15, 0.2) is 0 Å². The molecule has 2 aliphatic heterocycles. The average molecular weight is 270 g/mol. The summed E-state index contributed by atoms with van der Waals surface area (Å²) in [6.07, 6.45) is 3.03. The number of nitrogens with zero attached hydrogens (tertiary/aromatic N) is 1. The molecule has 0 saturated carbocycles. The number of ether oxygens (including phenoxy) is 2. The van der Waals surface area contributed by atoms with Crippen LogP contribution < -0.4 is 5.32 Å². The maximum atomic E-state index is 12.0. The van der Waals surface area contributed by atoms with E-state index in [2.05, 4.69) is 5.32 Å². The van der Waals surface area contributed by atoms with Gasteiger partial charge in [0.05, 0.1) is 6.61 Å². The molecule has 2 atom stereocenters. The van der Waals surface area contributed by atoms with Crippen LogP contribution in [0.25, 0.3) is 0 Å². The summed E-state index contributed by atoms with van der Waals surface area (Å²) in [6, 6.07) is 0.816. The van der Waals surface area contributed by atoms with Crippen molar-refractivity contribution in [3.05, 3.63) is 0 Å². The molecule has 2 unspecified atom stereocenters. The zero-order valence-corrected chi connectivity index (χ0v) is 12.3. The molecule has 2 fully saturated rings. The molecule has 19 heavy (non-hydrogen) atoms. The van der Waals surface area contributed by atoms with E-state index in [4.69, 9.17) is 9.47 Å². The molecule has 0 aromatic heterocycles. The van der Waals surface area contributed by atoms with Crippen LogP contribution in [0.3, 0.4) is 0 Å². The molecule has 2 saturated heterocycles. The monoisotopic (exact) mass is 270 g/mol. The summed E-state index contributed by atoms with van der Waals surface area (Å²) in [6.45, 7) is 8.89. The largest absolute Gasteiger partial charge is 0.444 e. The lowest BCUT2D eigenvalue weighted by Gasteiger charge is -2.35. The first-order valence-corrected chi connectivity index (χ1v) is 7.26. The van der Waals surface area contributed by atoms with Crippen LogP contribution in [0.4, 0.5) is 4.79 Å². The Morgan fingerprint density at radius 1 is 1.32 bits per heavy atom. The van der Waals surface area contributed by atoms with Crippen molar-refractivity contribution in [2.75, 3.05) is 26.3 Å². The fraction of sp³-hybridized carbons (Fsp3) is 0.929. The van der Waals surface area contributed by atoms with E-state index in [0.717, 1.165) is 45.6 Å². The molecule has 110 valence electrons. The molecule has 5 nitrogen and oxygen atoms in total. The first-order chi connectivity index (χ1) is 8.94. The van der Waals surface area contributed by atoms with Gasteiger partial charge in [0.15, 0.2) is 0 Å². The third-order valence-electron chi connectivity index (χ3n) is 3.47. The number of carbonyl (C=O) groups is 1. The molecule has 0 spiro atoms. The molecule has 0 aromatic carbocycles. The zero-order chi connectivity index (χ0) is 13.9. The van der Waals surface area contributed by atoms with Crippen LogP contribution in [-0.2, 0) is 9.47 Å². The number of amides is 1. The van der Waals surface area contributed by atoms with Gasteiger partial charge in [-0.15, -0.1) is 0 Å². The minimum absolute atomic E-state index is 0.193. The summed E-state index contributed by atoms with van der Waals surface area (Å²) in [5.74, 6) is 0. The summed E-state index contributed by atoms with van der Waals surface area (Å²) in [5.41, 5.74) is -0.420. The highest BCUT2D eigenvalue weighted by atomic mass is 16.6. The molecule has 2 aliphatic rings. The first-order valence-electron chi connectivity index (χ1n) is 7.26. The second-order valence-corrected chi connectivity index (χ2v) is 6.49. The molecule has 1 amide bonds. The lowest BCUT2D eigenvalue weighted by Crippen LogP contribution is -2.51. The summed E-state index contributed by atoms with van der Waals surface area (Å²) in [7, 11) is 0. The molecule has 2 heterocycles. The van der Waals surface area contributed by atoms with Gasteiger partial charge in [-0.05, 0) is 40.0 Å². The number of rotatable bonds is 2. The van der Waals surface area contributed by atoms with E-state index < -0.39 is 5.60 Å². The van der Waals surface area contributed by atoms with Crippen molar-refractivity contribution in [1.82, 2.24) is 10.2 Å². The van der Waals surface area contributed by atoms with E-state index in [1.54, 1.807) is 0 Å². The predicted octanol–water partition coefficient (Wildman–Crippen LogP) is 1.76. The number of hydrogen-bond donors (Lipinski definition) is 1. The van der Waals surface area contributed by atoms with Crippen LogP contribution in [0.5, 0.6) is 0 Å². The molecule has 2 rings (SSSR count). The first kappa shape index (κ1) is 14.6. The molecule has 1 N–H and O–H groups in total. The Morgan fingerprint density at radius 2 is 2.11 bits per heavy atom. The Kier molecular flexibility index (Phi) is 4.68. The highest BCUT2D eigenvalue weighted by molar-refractivity contribution is 5.68. The van der Waals surface area contributed by atoms with E-state index in [9.17, 15) is 4.79 Å². The quantitative estimate of drug-likeness (QED) is 0.831. The van der Waals surface area contributed by atoms with Gasteiger partial charge in [-0.3, -0.25) is 0 Å². The maximum absolute atomic E-state index is 12.0. The number of hydrogen-bond acceptors (Lipinski definition) is 4. The summed E-state index contributed by atoms with van der Waals surface area (Å²) in [4.78, 5) is 13.9. The standard InChI is InChI=1S/C14H26N2O3/c1-14(2,3)19-13(17)16-7-4-5-11(9-16)15-12-6-8-18-10-12/h11-12,15H,4-10H2,1-3H3. The molecular formula is C14H26N2O3. The van der Waals surface area contributed by atoms with E-state index in [1.807, 2.05) is 25.7 Å². The fourth-order valence-corrected chi connectivity index (χ4v) is 2.60. The van der Waals surface area contributed by atoms with Gasteiger partial charge in [0.25, 0.3) is 0 Å². The Labute approximate surface area is 115 Å². The van der Waals surface area contributed by atoms with Crippen molar-refractivity contribution >= 4 is 6.09 Å². The van der Waals surface area contributed by atoms with Gasteiger partial charge in [0.2, 0.25) is 0 Å².